The molecule has 1 aliphatic rings. The summed E-state index contributed by atoms with van der Waals surface area (Å²) in [5, 5.41) is 0. The van der Waals surface area contributed by atoms with Gasteiger partial charge in [-0.1, -0.05) is 115 Å². The Labute approximate surface area is 234 Å². The van der Waals surface area contributed by atoms with Gasteiger partial charge in [0.2, 0.25) is 0 Å². The van der Waals surface area contributed by atoms with Crippen LogP contribution in [0.15, 0.2) is 60.7 Å². The Morgan fingerprint density at radius 2 is 1.47 bits per heavy atom. The summed E-state index contributed by atoms with van der Waals surface area (Å²) in [6.07, 6.45) is 9.98. The van der Waals surface area contributed by atoms with Gasteiger partial charge in [-0.3, -0.25) is 0 Å². The quantitative estimate of drug-likeness (QED) is 0.226. The zero-order chi connectivity index (χ0) is 27.6. The Balaban J connectivity index is 1.79. The van der Waals surface area contributed by atoms with Crippen LogP contribution in [-0.4, -0.2) is 12.3 Å². The number of aryl methyl sites for hydroxylation is 1. The molecule has 3 rings (SSSR count). The highest BCUT2D eigenvalue weighted by Crippen LogP contribution is 2.47. The van der Waals surface area contributed by atoms with Gasteiger partial charge in [0.25, 0.3) is 0 Å². The van der Waals surface area contributed by atoms with Crippen molar-refractivity contribution in [1.82, 2.24) is 0 Å². The van der Waals surface area contributed by atoms with Gasteiger partial charge >= 0.3 is 0 Å². The molecule has 1 nitrogen and oxygen atoms in total. The van der Waals surface area contributed by atoms with Crippen LogP contribution in [0, 0.1) is 29.1 Å². The lowest BCUT2D eigenvalue weighted by Gasteiger charge is -2.44. The van der Waals surface area contributed by atoms with E-state index < -0.39 is 5.67 Å². The molecule has 1 fully saturated rings. The Hall–Kier alpha value is -1.67. The zero-order valence-corrected chi connectivity index (χ0v) is 25.2. The molecule has 0 N–H and O–H groups in total. The van der Waals surface area contributed by atoms with Gasteiger partial charge in [-0.05, 0) is 91.6 Å². The topological polar surface area (TPSA) is 9.23 Å². The molecule has 212 valence electrons. The first-order valence-corrected chi connectivity index (χ1v) is 15.5. The van der Waals surface area contributed by atoms with Crippen molar-refractivity contribution in [2.24, 2.45) is 29.1 Å². The van der Waals surface area contributed by atoms with E-state index in [1.54, 1.807) is 0 Å². The van der Waals surface area contributed by atoms with Gasteiger partial charge < -0.3 is 4.74 Å². The van der Waals surface area contributed by atoms with E-state index in [2.05, 4.69) is 102 Å². The first-order chi connectivity index (χ1) is 18.1. The summed E-state index contributed by atoms with van der Waals surface area (Å²) in [5.74, 6) is 2.09. The third-order valence-corrected chi connectivity index (χ3v) is 8.94. The van der Waals surface area contributed by atoms with E-state index >= 15 is 4.39 Å². The van der Waals surface area contributed by atoms with Gasteiger partial charge in [-0.25, -0.2) is 4.39 Å². The van der Waals surface area contributed by atoms with E-state index in [9.17, 15) is 0 Å². The minimum absolute atomic E-state index is 0.0141. The fraction of sp³-hybridized carbons (Fsp3) is 0.667. The highest BCUT2D eigenvalue weighted by Gasteiger charge is 2.41. The molecule has 38 heavy (non-hydrogen) atoms. The number of rotatable bonds is 15. The molecule has 0 saturated heterocycles. The SMILES string of the molecule is CC(C)CC(F)(CCC(C)(COC(CCc1ccccc1)c1ccccc1)C1CCCC(C)C1)CC(C)C. The molecule has 0 amide bonds. The number of alkyl halides is 1. The molecule has 2 heteroatoms. The van der Waals surface area contributed by atoms with Gasteiger partial charge in [0, 0.05) is 0 Å². The van der Waals surface area contributed by atoms with Crippen molar-refractivity contribution in [3.63, 3.8) is 0 Å². The second kappa shape index (κ2) is 14.6. The van der Waals surface area contributed by atoms with Crippen LogP contribution in [-0.2, 0) is 11.2 Å². The number of ether oxygens (including phenoxy) is 1. The van der Waals surface area contributed by atoms with Crippen molar-refractivity contribution in [3.05, 3.63) is 71.8 Å². The summed E-state index contributed by atoms with van der Waals surface area (Å²) >= 11 is 0. The maximum atomic E-state index is 16.4. The highest BCUT2D eigenvalue weighted by molar-refractivity contribution is 5.19. The summed E-state index contributed by atoms with van der Waals surface area (Å²) in [6.45, 7) is 14.2. The molecule has 0 aromatic heterocycles. The fourth-order valence-electron chi connectivity index (χ4n) is 6.97. The summed E-state index contributed by atoms with van der Waals surface area (Å²) < 4.78 is 23.3. The number of benzene rings is 2. The lowest BCUT2D eigenvalue weighted by Crippen LogP contribution is -2.38. The molecule has 0 heterocycles. The van der Waals surface area contributed by atoms with Crippen LogP contribution in [0.5, 0.6) is 0 Å². The molecule has 1 saturated carbocycles. The predicted octanol–water partition coefficient (Wildman–Crippen LogP) is 10.8. The van der Waals surface area contributed by atoms with E-state index in [0.29, 0.717) is 43.6 Å². The molecule has 2 aromatic carbocycles. The number of hydrogen-bond donors (Lipinski definition) is 0. The van der Waals surface area contributed by atoms with Crippen LogP contribution >= 0.6 is 0 Å². The lowest BCUT2D eigenvalue weighted by molar-refractivity contribution is -0.0559. The normalized spacial score (nSPS) is 21.0. The van der Waals surface area contributed by atoms with Crippen molar-refractivity contribution >= 4 is 0 Å². The predicted molar refractivity (Wildman–Crippen MR) is 161 cm³/mol. The maximum Gasteiger partial charge on any atom is 0.111 e. The average Bonchev–Trinajstić information content (AvgIpc) is 2.88. The Morgan fingerprint density at radius 1 is 0.868 bits per heavy atom. The van der Waals surface area contributed by atoms with Gasteiger partial charge in [-0.2, -0.15) is 0 Å². The minimum Gasteiger partial charge on any atom is -0.373 e. The Kier molecular flexibility index (Phi) is 11.9. The second-order valence-electron chi connectivity index (χ2n) is 13.7. The summed E-state index contributed by atoms with van der Waals surface area (Å²) in [6, 6.07) is 21.4. The molecule has 2 aromatic rings. The standard InChI is InChI=1S/C36H55FO/c1-28(2)25-36(37,26-29(3)4)23-22-35(6,33-19-13-14-30(5)24-33)27-38-34(32-17-11-8-12-18-32)21-20-31-15-9-7-10-16-31/h7-12,15-18,28-30,33-34H,13-14,19-27H2,1-6H3. The van der Waals surface area contributed by atoms with Crippen molar-refractivity contribution in [2.45, 2.75) is 118 Å². The first kappa shape index (κ1) is 30.9. The van der Waals surface area contributed by atoms with Crippen LogP contribution in [0.3, 0.4) is 0 Å². The molecular formula is C36H55FO. The highest BCUT2D eigenvalue weighted by atomic mass is 19.1. The van der Waals surface area contributed by atoms with E-state index in [0.717, 1.165) is 25.2 Å². The Bertz CT molecular complexity index is 897. The largest absolute Gasteiger partial charge is 0.373 e. The van der Waals surface area contributed by atoms with E-state index in [1.807, 2.05) is 0 Å². The maximum absolute atomic E-state index is 16.4. The zero-order valence-electron chi connectivity index (χ0n) is 25.2. The van der Waals surface area contributed by atoms with Crippen LogP contribution in [0.4, 0.5) is 4.39 Å². The lowest BCUT2D eigenvalue weighted by atomic mass is 9.64. The third kappa shape index (κ3) is 9.82. The smallest absolute Gasteiger partial charge is 0.111 e. The molecule has 4 atom stereocenters. The van der Waals surface area contributed by atoms with Gasteiger partial charge in [0.05, 0.1) is 12.7 Å². The van der Waals surface area contributed by atoms with Crippen molar-refractivity contribution in [3.8, 4) is 0 Å². The molecule has 0 radical (unpaired) electrons. The number of hydrogen-bond acceptors (Lipinski definition) is 1. The monoisotopic (exact) mass is 522 g/mol. The van der Waals surface area contributed by atoms with E-state index in [4.69, 9.17) is 4.74 Å². The minimum atomic E-state index is -1.09. The summed E-state index contributed by atoms with van der Waals surface area (Å²) in [4.78, 5) is 0. The molecule has 0 aliphatic heterocycles. The van der Waals surface area contributed by atoms with Gasteiger partial charge in [0.1, 0.15) is 5.67 Å². The number of halogens is 1. The molecule has 0 bridgehead atoms. The Morgan fingerprint density at radius 3 is 2.05 bits per heavy atom. The van der Waals surface area contributed by atoms with Crippen molar-refractivity contribution < 1.29 is 9.13 Å². The molecule has 4 unspecified atom stereocenters. The first-order valence-electron chi connectivity index (χ1n) is 15.5. The van der Waals surface area contributed by atoms with Gasteiger partial charge in [0.15, 0.2) is 0 Å². The van der Waals surface area contributed by atoms with Crippen LogP contribution < -0.4 is 0 Å². The molecule has 1 aliphatic carbocycles. The van der Waals surface area contributed by atoms with Crippen LogP contribution in [0.25, 0.3) is 0 Å². The van der Waals surface area contributed by atoms with Crippen molar-refractivity contribution in [1.29, 1.82) is 0 Å². The van der Waals surface area contributed by atoms with Gasteiger partial charge in [-0.15, -0.1) is 0 Å². The molecule has 0 spiro atoms. The fourth-order valence-corrected chi connectivity index (χ4v) is 6.97. The van der Waals surface area contributed by atoms with E-state index in [1.165, 1.54) is 36.8 Å². The average molecular weight is 523 g/mol. The summed E-state index contributed by atoms with van der Waals surface area (Å²) in [5.41, 5.74) is 1.50. The van der Waals surface area contributed by atoms with Crippen LogP contribution in [0.1, 0.15) is 117 Å². The van der Waals surface area contributed by atoms with Crippen molar-refractivity contribution in [2.75, 3.05) is 6.61 Å². The molecular weight excluding hydrogens is 467 g/mol. The second-order valence-corrected chi connectivity index (χ2v) is 13.7. The summed E-state index contributed by atoms with van der Waals surface area (Å²) in [7, 11) is 0. The third-order valence-electron chi connectivity index (χ3n) is 8.94. The van der Waals surface area contributed by atoms with Crippen LogP contribution in [0.2, 0.25) is 0 Å². The van der Waals surface area contributed by atoms with E-state index in [-0.39, 0.29) is 11.5 Å².